The fraction of sp³-hybridized carbons (Fsp3) is 0.933. The topological polar surface area (TPSA) is 43.8 Å². The summed E-state index contributed by atoms with van der Waals surface area (Å²) in [6.07, 6.45) is 3.78. The van der Waals surface area contributed by atoms with E-state index < -0.39 is 5.97 Å². The van der Waals surface area contributed by atoms with Gasteiger partial charge in [-0.3, -0.25) is 9.69 Å². The molecular formula is C15H28N2O2. The van der Waals surface area contributed by atoms with E-state index in [9.17, 15) is 9.90 Å². The van der Waals surface area contributed by atoms with Crippen LogP contribution in [0.3, 0.4) is 0 Å². The van der Waals surface area contributed by atoms with E-state index in [2.05, 4.69) is 30.7 Å². The van der Waals surface area contributed by atoms with Crippen molar-refractivity contribution < 1.29 is 9.90 Å². The summed E-state index contributed by atoms with van der Waals surface area (Å²) in [4.78, 5) is 16.2. The van der Waals surface area contributed by atoms with Gasteiger partial charge >= 0.3 is 5.97 Å². The van der Waals surface area contributed by atoms with Crippen molar-refractivity contribution in [2.24, 2.45) is 11.8 Å². The maximum absolute atomic E-state index is 11.4. The molecule has 1 aliphatic heterocycles. The highest BCUT2D eigenvalue weighted by Crippen LogP contribution is 2.44. The van der Waals surface area contributed by atoms with E-state index in [0.717, 1.165) is 32.6 Å². The molecule has 0 bridgehead atoms. The van der Waals surface area contributed by atoms with Gasteiger partial charge in [0.15, 0.2) is 0 Å². The van der Waals surface area contributed by atoms with E-state index in [0.29, 0.717) is 18.3 Å². The lowest BCUT2D eigenvalue weighted by Gasteiger charge is -2.54. The standard InChI is InChI=1S/C15H28N2O2/c1-12-5-4-6-15(13(12)2,11-14(18)19)17-9-7-16(3)8-10-17/h12-13H,4-11H2,1-3H3,(H,18,19). The van der Waals surface area contributed by atoms with Gasteiger partial charge in [-0.1, -0.05) is 26.7 Å². The lowest BCUT2D eigenvalue weighted by molar-refractivity contribution is -0.144. The van der Waals surface area contributed by atoms with Crippen molar-refractivity contribution >= 4 is 5.97 Å². The lowest BCUT2D eigenvalue weighted by atomic mass is 9.65. The van der Waals surface area contributed by atoms with E-state index in [-0.39, 0.29) is 5.54 Å². The molecule has 3 unspecified atom stereocenters. The first-order chi connectivity index (χ1) is 8.95. The number of piperazine rings is 1. The minimum Gasteiger partial charge on any atom is -0.481 e. The number of aliphatic carboxylic acids is 1. The van der Waals surface area contributed by atoms with Crippen LogP contribution in [0.2, 0.25) is 0 Å². The van der Waals surface area contributed by atoms with Crippen LogP contribution in [0.25, 0.3) is 0 Å². The van der Waals surface area contributed by atoms with Crippen molar-refractivity contribution in [3.8, 4) is 0 Å². The SMILES string of the molecule is CC1CCCC(CC(=O)O)(N2CCN(C)CC2)C1C. The average Bonchev–Trinajstić information content (AvgIpc) is 2.35. The molecule has 0 amide bonds. The smallest absolute Gasteiger partial charge is 0.305 e. The third-order valence-corrected chi connectivity index (χ3v) is 5.56. The number of nitrogens with zero attached hydrogens (tertiary/aromatic N) is 2. The number of carboxylic acid groups (broad SMARTS) is 1. The zero-order valence-corrected chi connectivity index (χ0v) is 12.6. The summed E-state index contributed by atoms with van der Waals surface area (Å²) < 4.78 is 0. The van der Waals surface area contributed by atoms with Crippen LogP contribution in [-0.4, -0.2) is 59.6 Å². The summed E-state index contributed by atoms with van der Waals surface area (Å²) in [5.74, 6) is 0.466. The fourth-order valence-electron chi connectivity index (χ4n) is 4.06. The minimum absolute atomic E-state index is 0.106. The summed E-state index contributed by atoms with van der Waals surface area (Å²) in [5.41, 5.74) is -0.106. The van der Waals surface area contributed by atoms with Gasteiger partial charge in [0.05, 0.1) is 6.42 Å². The van der Waals surface area contributed by atoms with Gasteiger partial charge in [0.2, 0.25) is 0 Å². The van der Waals surface area contributed by atoms with Crippen LogP contribution in [0.15, 0.2) is 0 Å². The zero-order chi connectivity index (χ0) is 14.0. The fourth-order valence-corrected chi connectivity index (χ4v) is 4.06. The molecule has 0 spiro atoms. The predicted octanol–water partition coefficient (Wildman–Crippen LogP) is 1.90. The quantitative estimate of drug-likeness (QED) is 0.849. The minimum atomic E-state index is -0.639. The van der Waals surface area contributed by atoms with Crippen LogP contribution in [0.4, 0.5) is 0 Å². The Kier molecular flexibility index (Phi) is 4.51. The van der Waals surface area contributed by atoms with Gasteiger partial charge < -0.3 is 10.0 Å². The van der Waals surface area contributed by atoms with E-state index in [1.54, 1.807) is 0 Å². The number of carbonyl (C=O) groups is 1. The Morgan fingerprint density at radius 3 is 2.47 bits per heavy atom. The van der Waals surface area contributed by atoms with E-state index in [1.165, 1.54) is 12.8 Å². The molecule has 1 N–H and O–H groups in total. The maximum atomic E-state index is 11.4. The van der Waals surface area contributed by atoms with Crippen molar-refractivity contribution in [3.05, 3.63) is 0 Å². The Morgan fingerprint density at radius 2 is 1.89 bits per heavy atom. The molecule has 1 saturated heterocycles. The normalized spacial score (nSPS) is 38.3. The molecule has 0 aromatic carbocycles. The molecule has 1 saturated carbocycles. The third-order valence-electron chi connectivity index (χ3n) is 5.56. The third kappa shape index (κ3) is 2.95. The lowest BCUT2D eigenvalue weighted by Crippen LogP contribution is -2.62. The maximum Gasteiger partial charge on any atom is 0.305 e. The van der Waals surface area contributed by atoms with Crippen molar-refractivity contribution in [2.45, 2.75) is 45.1 Å². The molecule has 0 radical (unpaired) electrons. The molecule has 110 valence electrons. The zero-order valence-electron chi connectivity index (χ0n) is 12.6. The summed E-state index contributed by atoms with van der Waals surface area (Å²) in [6, 6.07) is 0. The van der Waals surface area contributed by atoms with Gasteiger partial charge in [0, 0.05) is 31.7 Å². The Labute approximate surface area is 116 Å². The highest BCUT2D eigenvalue weighted by atomic mass is 16.4. The van der Waals surface area contributed by atoms with Gasteiger partial charge in [-0.05, 0) is 25.3 Å². The van der Waals surface area contributed by atoms with Gasteiger partial charge in [0.25, 0.3) is 0 Å². The Hall–Kier alpha value is -0.610. The van der Waals surface area contributed by atoms with Gasteiger partial charge in [-0.25, -0.2) is 0 Å². The van der Waals surface area contributed by atoms with Crippen LogP contribution in [0, 0.1) is 11.8 Å². The average molecular weight is 268 g/mol. The number of rotatable bonds is 3. The summed E-state index contributed by atoms with van der Waals surface area (Å²) >= 11 is 0. The van der Waals surface area contributed by atoms with Crippen molar-refractivity contribution in [2.75, 3.05) is 33.2 Å². The van der Waals surface area contributed by atoms with Crippen molar-refractivity contribution in [3.63, 3.8) is 0 Å². The molecule has 0 aromatic rings. The highest BCUT2D eigenvalue weighted by Gasteiger charge is 2.47. The predicted molar refractivity (Wildman–Crippen MR) is 76.2 cm³/mol. The first-order valence-electron chi connectivity index (χ1n) is 7.61. The Morgan fingerprint density at radius 1 is 1.26 bits per heavy atom. The first-order valence-corrected chi connectivity index (χ1v) is 7.61. The van der Waals surface area contributed by atoms with E-state index in [4.69, 9.17) is 0 Å². The van der Waals surface area contributed by atoms with E-state index >= 15 is 0 Å². The first kappa shape index (κ1) is 14.8. The molecule has 4 heteroatoms. The summed E-state index contributed by atoms with van der Waals surface area (Å²) in [6.45, 7) is 8.70. The molecule has 19 heavy (non-hydrogen) atoms. The van der Waals surface area contributed by atoms with Crippen LogP contribution in [0.5, 0.6) is 0 Å². The molecule has 2 rings (SSSR count). The second kappa shape index (κ2) is 5.80. The van der Waals surface area contributed by atoms with Crippen molar-refractivity contribution in [1.29, 1.82) is 0 Å². The highest BCUT2D eigenvalue weighted by molar-refractivity contribution is 5.68. The van der Waals surface area contributed by atoms with Crippen LogP contribution in [0.1, 0.15) is 39.5 Å². The second-order valence-corrected chi connectivity index (χ2v) is 6.62. The molecule has 4 nitrogen and oxygen atoms in total. The molecular weight excluding hydrogens is 240 g/mol. The number of hydrogen-bond acceptors (Lipinski definition) is 3. The molecule has 3 atom stereocenters. The molecule has 1 aliphatic carbocycles. The second-order valence-electron chi connectivity index (χ2n) is 6.62. The van der Waals surface area contributed by atoms with Crippen LogP contribution in [-0.2, 0) is 4.79 Å². The van der Waals surface area contributed by atoms with Crippen LogP contribution < -0.4 is 0 Å². The van der Waals surface area contributed by atoms with Gasteiger partial charge in [-0.2, -0.15) is 0 Å². The van der Waals surface area contributed by atoms with Gasteiger partial charge in [-0.15, -0.1) is 0 Å². The van der Waals surface area contributed by atoms with E-state index in [1.807, 2.05) is 0 Å². The Balaban J connectivity index is 2.20. The van der Waals surface area contributed by atoms with Gasteiger partial charge in [0.1, 0.15) is 0 Å². The van der Waals surface area contributed by atoms with Crippen molar-refractivity contribution in [1.82, 2.24) is 9.80 Å². The number of hydrogen-bond donors (Lipinski definition) is 1. The molecule has 2 aliphatic rings. The largest absolute Gasteiger partial charge is 0.481 e. The summed E-state index contributed by atoms with van der Waals surface area (Å²) in [7, 11) is 2.15. The Bertz CT molecular complexity index is 326. The monoisotopic (exact) mass is 268 g/mol. The number of carboxylic acids is 1. The molecule has 2 fully saturated rings. The van der Waals surface area contributed by atoms with Crippen LogP contribution >= 0.6 is 0 Å². The number of likely N-dealkylation sites (N-methyl/N-ethyl adjacent to an activating group) is 1. The molecule has 0 aromatic heterocycles. The molecule has 1 heterocycles. The summed E-state index contributed by atoms with van der Waals surface area (Å²) in [5, 5.41) is 9.38.